The molecule has 2 saturated heterocycles. The van der Waals surface area contributed by atoms with Crippen LogP contribution >= 0.6 is 0 Å². The zero-order valence-corrected chi connectivity index (χ0v) is 21.5. The normalized spacial score (nSPS) is 24.0. The van der Waals surface area contributed by atoms with Crippen LogP contribution in [-0.4, -0.2) is 55.6 Å². The smallest absolute Gasteiger partial charge is 0.381 e. The van der Waals surface area contributed by atoms with Crippen molar-refractivity contribution >= 4 is 11.8 Å². The second-order valence-corrected chi connectivity index (χ2v) is 10.3. The van der Waals surface area contributed by atoms with Gasteiger partial charge < -0.3 is 15.4 Å². The van der Waals surface area contributed by atoms with E-state index >= 15 is 0 Å². The van der Waals surface area contributed by atoms with Crippen LogP contribution in [0, 0.1) is 11.3 Å². The highest BCUT2D eigenvalue weighted by Crippen LogP contribution is 2.38. The van der Waals surface area contributed by atoms with Gasteiger partial charge >= 0.3 is 6.18 Å². The van der Waals surface area contributed by atoms with E-state index in [0.717, 1.165) is 49.8 Å². The Bertz CT molecular complexity index is 852. The van der Waals surface area contributed by atoms with Crippen molar-refractivity contribution in [3.63, 3.8) is 0 Å². The average Bonchev–Trinajstić information content (AvgIpc) is 2.86. The van der Waals surface area contributed by atoms with Crippen molar-refractivity contribution in [2.75, 3.05) is 32.8 Å². The van der Waals surface area contributed by atoms with Crippen molar-refractivity contribution in [3.05, 3.63) is 35.4 Å². The molecule has 9 heteroatoms. The number of piperidine rings is 1. The molecule has 36 heavy (non-hydrogen) atoms. The molecule has 2 atom stereocenters. The van der Waals surface area contributed by atoms with Gasteiger partial charge in [0.15, 0.2) is 0 Å². The molecule has 6 nitrogen and oxygen atoms in total. The molecule has 0 bridgehead atoms. The van der Waals surface area contributed by atoms with Gasteiger partial charge in [-0.15, -0.1) is 0 Å². The molecule has 0 saturated carbocycles. The number of ether oxygens (including phenoxy) is 1. The SMILES string of the molecule is CC[C@H](C)[C@@H]1NC(=O)C2(CCCCOCCCNC1=O)CCN(Cc1ccc(C(F)(F)F)cc1)CC2. The molecule has 2 fully saturated rings. The van der Waals surface area contributed by atoms with Crippen LogP contribution < -0.4 is 10.6 Å². The van der Waals surface area contributed by atoms with E-state index in [9.17, 15) is 22.8 Å². The Kier molecular flexibility index (Phi) is 10.2. The van der Waals surface area contributed by atoms with Crippen molar-refractivity contribution < 1.29 is 27.5 Å². The van der Waals surface area contributed by atoms with Crippen LogP contribution in [0.15, 0.2) is 24.3 Å². The zero-order chi connectivity index (χ0) is 26.2. The molecule has 2 N–H and O–H groups in total. The van der Waals surface area contributed by atoms with Gasteiger partial charge in [-0.1, -0.05) is 38.8 Å². The summed E-state index contributed by atoms with van der Waals surface area (Å²) in [6.07, 6.45) is 0.943. The second-order valence-electron chi connectivity index (χ2n) is 10.3. The summed E-state index contributed by atoms with van der Waals surface area (Å²) in [7, 11) is 0. The van der Waals surface area contributed by atoms with Gasteiger partial charge in [0, 0.05) is 26.3 Å². The highest BCUT2D eigenvalue weighted by Gasteiger charge is 2.42. The summed E-state index contributed by atoms with van der Waals surface area (Å²) < 4.78 is 44.3. The van der Waals surface area contributed by atoms with Gasteiger partial charge in [-0.3, -0.25) is 14.5 Å². The van der Waals surface area contributed by atoms with Crippen molar-refractivity contribution in [3.8, 4) is 0 Å². The number of alkyl halides is 3. The quantitative estimate of drug-likeness (QED) is 0.624. The molecule has 2 aliphatic rings. The van der Waals surface area contributed by atoms with Gasteiger partial charge in [-0.2, -0.15) is 13.2 Å². The lowest BCUT2D eigenvalue weighted by atomic mass is 9.73. The summed E-state index contributed by atoms with van der Waals surface area (Å²) in [4.78, 5) is 28.8. The first kappa shape index (κ1) is 28.4. The summed E-state index contributed by atoms with van der Waals surface area (Å²) in [5.74, 6) is -0.199. The van der Waals surface area contributed by atoms with Crippen LogP contribution in [0.3, 0.4) is 0 Å². The number of halogens is 3. The number of likely N-dealkylation sites (tertiary alicyclic amines) is 1. The first-order chi connectivity index (χ1) is 17.1. The minimum atomic E-state index is -4.34. The summed E-state index contributed by atoms with van der Waals surface area (Å²) in [5, 5.41) is 6.06. The van der Waals surface area contributed by atoms with Crippen LogP contribution in [0.5, 0.6) is 0 Å². The molecular weight excluding hydrogens is 471 g/mol. The summed E-state index contributed by atoms with van der Waals surface area (Å²) in [5.41, 5.74) is -0.392. The lowest BCUT2D eigenvalue weighted by molar-refractivity contribution is -0.139. The monoisotopic (exact) mass is 511 g/mol. The van der Waals surface area contributed by atoms with Gasteiger partial charge in [0.1, 0.15) is 6.04 Å². The number of hydrogen-bond donors (Lipinski definition) is 2. The third kappa shape index (κ3) is 7.68. The fraction of sp³-hybridized carbons (Fsp3) is 0.704. The van der Waals surface area contributed by atoms with Gasteiger partial charge in [0.05, 0.1) is 11.0 Å². The van der Waals surface area contributed by atoms with Gasteiger partial charge in [-0.25, -0.2) is 0 Å². The molecule has 2 amide bonds. The lowest BCUT2D eigenvalue weighted by Crippen LogP contribution is -2.56. The maximum Gasteiger partial charge on any atom is 0.416 e. The van der Waals surface area contributed by atoms with Crippen molar-refractivity contribution in [2.24, 2.45) is 11.3 Å². The van der Waals surface area contributed by atoms with Crippen LogP contribution in [-0.2, 0) is 27.0 Å². The Balaban J connectivity index is 1.69. The molecule has 0 aromatic heterocycles. The minimum absolute atomic E-state index is 0.00918. The van der Waals surface area contributed by atoms with E-state index in [4.69, 9.17) is 4.74 Å². The maximum atomic E-state index is 13.7. The van der Waals surface area contributed by atoms with Crippen LogP contribution in [0.4, 0.5) is 13.2 Å². The molecule has 3 rings (SSSR count). The summed E-state index contributed by atoms with van der Waals surface area (Å²) in [6, 6.07) is 4.71. The first-order valence-corrected chi connectivity index (χ1v) is 13.2. The molecule has 1 aromatic rings. The fourth-order valence-electron chi connectivity index (χ4n) is 5.05. The van der Waals surface area contributed by atoms with Crippen LogP contribution in [0.1, 0.15) is 69.9 Å². The zero-order valence-electron chi connectivity index (χ0n) is 21.5. The van der Waals surface area contributed by atoms with E-state index in [2.05, 4.69) is 15.5 Å². The third-order valence-electron chi connectivity index (χ3n) is 7.72. The number of amides is 2. The second kappa shape index (κ2) is 12.9. The predicted octanol–water partition coefficient (Wildman–Crippen LogP) is 4.53. The van der Waals surface area contributed by atoms with Crippen molar-refractivity contribution in [1.82, 2.24) is 15.5 Å². The topological polar surface area (TPSA) is 70.7 Å². The molecule has 2 heterocycles. The number of carbonyl (C=O) groups is 2. The molecule has 0 radical (unpaired) electrons. The summed E-state index contributed by atoms with van der Waals surface area (Å²) in [6.45, 7) is 7.64. The van der Waals surface area contributed by atoms with Gasteiger partial charge in [0.2, 0.25) is 11.8 Å². The molecule has 0 aliphatic carbocycles. The number of hydrogen-bond acceptors (Lipinski definition) is 4. The number of rotatable bonds is 4. The predicted molar refractivity (Wildman–Crippen MR) is 132 cm³/mol. The Morgan fingerprint density at radius 2 is 1.72 bits per heavy atom. The molecular formula is C27H40F3N3O3. The van der Waals surface area contributed by atoms with Crippen LogP contribution in [0.2, 0.25) is 0 Å². The van der Waals surface area contributed by atoms with E-state index in [0.29, 0.717) is 52.2 Å². The fourth-order valence-corrected chi connectivity index (χ4v) is 5.05. The Morgan fingerprint density at radius 1 is 1.06 bits per heavy atom. The third-order valence-corrected chi connectivity index (χ3v) is 7.72. The Hall–Kier alpha value is -2.13. The number of benzene rings is 1. The van der Waals surface area contributed by atoms with Crippen molar-refractivity contribution in [2.45, 2.75) is 77.6 Å². The molecule has 0 unspecified atom stereocenters. The average molecular weight is 512 g/mol. The van der Waals surface area contributed by atoms with E-state index in [1.54, 1.807) is 0 Å². The van der Waals surface area contributed by atoms with Gasteiger partial charge in [0.25, 0.3) is 0 Å². The molecule has 202 valence electrons. The molecule has 1 spiro atoms. The first-order valence-electron chi connectivity index (χ1n) is 13.2. The molecule has 1 aromatic carbocycles. The Morgan fingerprint density at radius 3 is 2.36 bits per heavy atom. The largest absolute Gasteiger partial charge is 0.416 e. The number of nitrogens with one attached hydrogen (secondary N) is 2. The number of nitrogens with zero attached hydrogens (tertiary/aromatic N) is 1. The minimum Gasteiger partial charge on any atom is -0.381 e. The highest BCUT2D eigenvalue weighted by atomic mass is 19.4. The van der Waals surface area contributed by atoms with E-state index < -0.39 is 23.2 Å². The van der Waals surface area contributed by atoms with E-state index in [1.165, 1.54) is 12.1 Å². The lowest BCUT2D eigenvalue weighted by Gasteiger charge is -2.42. The molecule has 2 aliphatic heterocycles. The summed E-state index contributed by atoms with van der Waals surface area (Å²) >= 11 is 0. The maximum absolute atomic E-state index is 13.7. The van der Waals surface area contributed by atoms with Crippen molar-refractivity contribution in [1.29, 1.82) is 0 Å². The number of carbonyl (C=O) groups excluding carboxylic acids is 2. The Labute approximate surface area is 212 Å². The van der Waals surface area contributed by atoms with Gasteiger partial charge in [-0.05, 0) is 68.8 Å². The standard InChI is InChI=1S/C27H40F3N3O3/c1-3-20(2)23-24(34)31-14-6-18-36-17-5-4-11-26(25(35)32-23)12-15-33(16-13-26)19-21-7-9-22(10-8-21)27(28,29)30/h7-10,20,23H,3-6,11-19H2,1-2H3,(H,31,34)(H,32,35)/t20-,23-/m0/s1. The van der Waals surface area contributed by atoms with E-state index in [-0.39, 0.29) is 17.7 Å². The van der Waals surface area contributed by atoms with E-state index in [1.807, 2.05) is 13.8 Å². The van der Waals surface area contributed by atoms with Crippen LogP contribution in [0.25, 0.3) is 0 Å². The highest BCUT2D eigenvalue weighted by molar-refractivity contribution is 5.90.